The number of rotatable bonds is 11. The number of halogens is 2. The number of carbonyl (C=O) groups is 2. The van der Waals surface area contributed by atoms with E-state index in [9.17, 15) is 26.8 Å². The molecule has 1 N–H and O–H groups in total. The van der Waals surface area contributed by atoms with Gasteiger partial charge in [0.1, 0.15) is 18.3 Å². The maximum atomic E-state index is 13.8. The zero-order chi connectivity index (χ0) is 26.3. The minimum Gasteiger partial charge on any atom is -0.497 e. The minimum absolute atomic E-state index is 0.0134. The van der Waals surface area contributed by atoms with Crippen LogP contribution < -0.4 is 14.4 Å². The molecule has 0 heterocycles. The summed E-state index contributed by atoms with van der Waals surface area (Å²) in [4.78, 5) is 27.5. The van der Waals surface area contributed by atoms with Gasteiger partial charge < -0.3 is 15.0 Å². The summed E-state index contributed by atoms with van der Waals surface area (Å²) in [5.74, 6) is -2.96. The van der Waals surface area contributed by atoms with Crippen molar-refractivity contribution in [3.8, 4) is 5.75 Å². The number of nitrogens with one attached hydrogen (secondary N) is 1. The fourth-order valence-electron chi connectivity index (χ4n) is 3.27. The van der Waals surface area contributed by atoms with Gasteiger partial charge in [-0.3, -0.25) is 13.9 Å². The number of amides is 2. The first-order valence-electron chi connectivity index (χ1n) is 11.0. The second-order valence-electron chi connectivity index (χ2n) is 8.24. The Morgan fingerprint density at radius 3 is 2.34 bits per heavy atom. The summed E-state index contributed by atoms with van der Waals surface area (Å²) in [6, 6.07) is 8.36. The number of hydrogen-bond donors (Lipinski definition) is 1. The number of hydrogen-bond acceptors (Lipinski definition) is 5. The largest absolute Gasteiger partial charge is 0.497 e. The lowest BCUT2D eigenvalue weighted by Gasteiger charge is -2.32. The van der Waals surface area contributed by atoms with Crippen LogP contribution in [-0.2, 0) is 26.2 Å². The standard InChI is InChI=1S/C24H31F2N3O5S/c1-6-16(2)27-24(31)17(3)28(14-18-8-7-9-20(12-18)34-4)23(30)15-29(35(5,32)33)19-10-11-21(25)22(26)13-19/h7-13,16-17H,6,14-15H2,1-5H3,(H,27,31)/t16-,17+/m0/s1. The van der Waals surface area contributed by atoms with Crippen molar-refractivity contribution in [2.75, 3.05) is 24.2 Å². The zero-order valence-electron chi connectivity index (χ0n) is 20.4. The minimum atomic E-state index is -4.05. The fraction of sp³-hybridized carbons (Fsp3) is 0.417. The highest BCUT2D eigenvalue weighted by atomic mass is 32.2. The first kappa shape index (κ1) is 28.0. The molecule has 0 aliphatic rings. The van der Waals surface area contributed by atoms with Crippen LogP contribution in [0.2, 0.25) is 0 Å². The molecule has 2 atom stereocenters. The average molecular weight is 512 g/mol. The van der Waals surface area contributed by atoms with E-state index in [1.807, 2.05) is 13.8 Å². The van der Waals surface area contributed by atoms with Crippen LogP contribution in [0.5, 0.6) is 5.75 Å². The molecule has 0 fully saturated rings. The monoisotopic (exact) mass is 511 g/mol. The van der Waals surface area contributed by atoms with Crippen molar-refractivity contribution in [3.05, 3.63) is 59.7 Å². The Kier molecular flexibility index (Phi) is 9.58. The Morgan fingerprint density at radius 2 is 1.77 bits per heavy atom. The number of benzene rings is 2. The summed E-state index contributed by atoms with van der Waals surface area (Å²) in [7, 11) is -2.56. The maximum Gasteiger partial charge on any atom is 0.244 e. The number of ether oxygens (including phenoxy) is 1. The van der Waals surface area contributed by atoms with Gasteiger partial charge in [0.15, 0.2) is 11.6 Å². The van der Waals surface area contributed by atoms with E-state index in [1.54, 1.807) is 24.3 Å². The van der Waals surface area contributed by atoms with Crippen molar-refractivity contribution in [1.29, 1.82) is 0 Å². The Balaban J connectivity index is 2.42. The van der Waals surface area contributed by atoms with E-state index >= 15 is 0 Å². The molecule has 2 rings (SSSR count). The van der Waals surface area contributed by atoms with Gasteiger partial charge in [0.05, 0.1) is 19.1 Å². The molecule has 8 nitrogen and oxygen atoms in total. The highest BCUT2D eigenvalue weighted by Crippen LogP contribution is 2.22. The van der Waals surface area contributed by atoms with E-state index in [0.717, 1.165) is 18.4 Å². The SMILES string of the molecule is CC[C@H](C)NC(=O)[C@@H](C)N(Cc1cccc(OC)c1)C(=O)CN(c1ccc(F)c(F)c1)S(C)(=O)=O. The van der Waals surface area contributed by atoms with Gasteiger partial charge in [-0.2, -0.15) is 0 Å². The Bertz CT molecular complexity index is 1160. The second kappa shape index (κ2) is 12.0. The molecule has 0 unspecified atom stereocenters. The van der Waals surface area contributed by atoms with Gasteiger partial charge in [0.2, 0.25) is 21.8 Å². The van der Waals surface area contributed by atoms with E-state index in [1.165, 1.54) is 18.9 Å². The topological polar surface area (TPSA) is 96.0 Å². The molecule has 0 bridgehead atoms. The zero-order valence-corrected chi connectivity index (χ0v) is 21.2. The normalized spacial score (nSPS) is 13.0. The van der Waals surface area contributed by atoms with Gasteiger partial charge in [-0.15, -0.1) is 0 Å². The molecule has 0 spiro atoms. The molecule has 2 amide bonds. The predicted octanol–water partition coefficient (Wildman–Crippen LogP) is 3.07. The Morgan fingerprint density at radius 1 is 1.09 bits per heavy atom. The lowest BCUT2D eigenvalue weighted by Crippen LogP contribution is -2.52. The Labute approximate surface area is 204 Å². The molecule has 35 heavy (non-hydrogen) atoms. The third-order valence-corrected chi connectivity index (χ3v) is 6.67. The summed E-state index contributed by atoms with van der Waals surface area (Å²) < 4.78 is 58.0. The van der Waals surface area contributed by atoms with Gasteiger partial charge >= 0.3 is 0 Å². The third kappa shape index (κ3) is 7.64. The van der Waals surface area contributed by atoms with Gasteiger partial charge in [-0.1, -0.05) is 19.1 Å². The first-order chi connectivity index (χ1) is 16.4. The van der Waals surface area contributed by atoms with Crippen LogP contribution in [0.1, 0.15) is 32.8 Å². The second-order valence-corrected chi connectivity index (χ2v) is 10.1. The van der Waals surface area contributed by atoms with E-state index in [-0.39, 0.29) is 18.3 Å². The molecule has 0 aromatic heterocycles. The summed E-state index contributed by atoms with van der Waals surface area (Å²) in [6.07, 6.45) is 1.54. The van der Waals surface area contributed by atoms with Crippen LogP contribution in [0.25, 0.3) is 0 Å². The van der Waals surface area contributed by atoms with Gasteiger partial charge in [0, 0.05) is 18.7 Å². The highest BCUT2D eigenvalue weighted by molar-refractivity contribution is 7.92. The van der Waals surface area contributed by atoms with Gasteiger partial charge in [-0.05, 0) is 50.1 Å². The lowest BCUT2D eigenvalue weighted by molar-refractivity contribution is -0.139. The summed E-state index contributed by atoms with van der Waals surface area (Å²) in [6.45, 7) is 4.54. The molecular weight excluding hydrogens is 480 g/mol. The maximum absolute atomic E-state index is 13.8. The number of nitrogens with zero attached hydrogens (tertiary/aromatic N) is 2. The first-order valence-corrected chi connectivity index (χ1v) is 12.9. The highest BCUT2D eigenvalue weighted by Gasteiger charge is 2.30. The van der Waals surface area contributed by atoms with Crippen molar-refractivity contribution >= 4 is 27.5 Å². The van der Waals surface area contributed by atoms with Crippen LogP contribution >= 0.6 is 0 Å². The number of sulfonamides is 1. The van der Waals surface area contributed by atoms with E-state index < -0.39 is 46.1 Å². The van der Waals surface area contributed by atoms with E-state index in [2.05, 4.69) is 5.32 Å². The molecule has 2 aromatic rings. The van der Waals surface area contributed by atoms with Crippen molar-refractivity contribution < 1.29 is 31.5 Å². The molecular formula is C24H31F2N3O5S. The van der Waals surface area contributed by atoms with Crippen LogP contribution in [0.4, 0.5) is 14.5 Å². The number of carbonyl (C=O) groups excluding carboxylic acids is 2. The van der Waals surface area contributed by atoms with Crippen LogP contribution in [0.15, 0.2) is 42.5 Å². The van der Waals surface area contributed by atoms with Crippen LogP contribution in [-0.4, -0.2) is 57.1 Å². The predicted molar refractivity (Wildman–Crippen MR) is 129 cm³/mol. The van der Waals surface area contributed by atoms with Crippen molar-refractivity contribution in [3.63, 3.8) is 0 Å². The quantitative estimate of drug-likeness (QED) is 0.500. The molecule has 0 saturated heterocycles. The number of anilines is 1. The summed E-state index contributed by atoms with van der Waals surface area (Å²) in [5.41, 5.74) is 0.442. The third-order valence-electron chi connectivity index (χ3n) is 5.53. The van der Waals surface area contributed by atoms with Crippen LogP contribution in [0.3, 0.4) is 0 Å². The molecule has 0 aliphatic heterocycles. The summed E-state index contributed by atoms with van der Waals surface area (Å²) >= 11 is 0. The molecule has 0 saturated carbocycles. The van der Waals surface area contributed by atoms with Crippen molar-refractivity contribution in [2.45, 2.75) is 45.8 Å². The van der Waals surface area contributed by atoms with Crippen molar-refractivity contribution in [2.24, 2.45) is 0 Å². The number of methoxy groups -OCH3 is 1. The summed E-state index contributed by atoms with van der Waals surface area (Å²) in [5, 5.41) is 2.82. The molecule has 192 valence electrons. The Hall–Kier alpha value is -3.21. The van der Waals surface area contributed by atoms with Crippen molar-refractivity contribution in [1.82, 2.24) is 10.2 Å². The molecule has 0 radical (unpaired) electrons. The van der Waals surface area contributed by atoms with Crippen LogP contribution in [0, 0.1) is 11.6 Å². The van der Waals surface area contributed by atoms with Gasteiger partial charge in [0.25, 0.3) is 0 Å². The fourth-order valence-corrected chi connectivity index (χ4v) is 4.11. The molecule has 11 heteroatoms. The van der Waals surface area contributed by atoms with Gasteiger partial charge in [-0.25, -0.2) is 17.2 Å². The van der Waals surface area contributed by atoms with E-state index in [4.69, 9.17) is 4.74 Å². The van der Waals surface area contributed by atoms with E-state index in [0.29, 0.717) is 28.1 Å². The molecule has 2 aromatic carbocycles. The average Bonchev–Trinajstić information content (AvgIpc) is 2.81. The smallest absolute Gasteiger partial charge is 0.244 e. The lowest BCUT2D eigenvalue weighted by atomic mass is 10.1. The molecule has 0 aliphatic carbocycles.